The molecule has 0 aliphatic heterocycles. The summed E-state index contributed by atoms with van der Waals surface area (Å²) >= 11 is 0. The van der Waals surface area contributed by atoms with Crippen molar-refractivity contribution >= 4 is 11.8 Å². The van der Waals surface area contributed by atoms with E-state index in [1.807, 2.05) is 0 Å². The van der Waals surface area contributed by atoms with Gasteiger partial charge in [0.05, 0.1) is 5.56 Å². The molecule has 0 aliphatic rings. The van der Waals surface area contributed by atoms with E-state index in [2.05, 4.69) is 5.32 Å². The smallest absolute Gasteiger partial charge is 0.258 e. The first kappa shape index (κ1) is 16.5. The Balaban J connectivity index is 1.88. The molecule has 2 rings (SSSR count). The van der Waals surface area contributed by atoms with E-state index in [9.17, 15) is 14.0 Å². The molecule has 0 aromatic heterocycles. The number of carbonyl (C=O) groups is 2. The first-order valence-corrected chi connectivity index (χ1v) is 7.00. The fraction of sp³-hybridized carbons (Fsp3) is 0.176. The van der Waals surface area contributed by atoms with E-state index in [1.165, 1.54) is 12.1 Å². The average Bonchev–Trinajstić information content (AvgIpc) is 2.54. The SMILES string of the molecule is Cc1ccc(CNC(=O)COc2ccccc2C(N)=O)cc1F. The molecule has 0 aliphatic carbocycles. The first-order valence-electron chi connectivity index (χ1n) is 7.00. The summed E-state index contributed by atoms with van der Waals surface area (Å²) in [6, 6.07) is 11.2. The molecule has 2 aromatic rings. The summed E-state index contributed by atoms with van der Waals surface area (Å²) < 4.78 is 18.7. The standard InChI is InChI=1S/C17H17FN2O3/c1-11-6-7-12(8-14(11)18)9-20-16(21)10-23-15-5-3-2-4-13(15)17(19)22/h2-8H,9-10H2,1H3,(H2,19,22)(H,20,21). The molecule has 2 aromatic carbocycles. The molecule has 0 bridgehead atoms. The molecule has 0 unspecified atom stereocenters. The fourth-order valence-corrected chi connectivity index (χ4v) is 1.94. The normalized spacial score (nSPS) is 10.2. The lowest BCUT2D eigenvalue weighted by molar-refractivity contribution is -0.123. The summed E-state index contributed by atoms with van der Waals surface area (Å²) in [7, 11) is 0. The number of benzene rings is 2. The van der Waals surface area contributed by atoms with E-state index in [0.29, 0.717) is 11.1 Å². The van der Waals surface area contributed by atoms with Gasteiger partial charge < -0.3 is 15.8 Å². The molecule has 120 valence electrons. The van der Waals surface area contributed by atoms with Gasteiger partial charge in [0.1, 0.15) is 11.6 Å². The number of nitrogens with two attached hydrogens (primary N) is 1. The molecule has 0 saturated carbocycles. The van der Waals surface area contributed by atoms with Crippen molar-refractivity contribution in [3.05, 3.63) is 65.0 Å². The van der Waals surface area contributed by atoms with Gasteiger partial charge in [0, 0.05) is 6.54 Å². The van der Waals surface area contributed by atoms with Crippen molar-refractivity contribution in [1.82, 2.24) is 5.32 Å². The summed E-state index contributed by atoms with van der Waals surface area (Å²) in [6.45, 7) is 1.59. The monoisotopic (exact) mass is 316 g/mol. The Hall–Kier alpha value is -2.89. The summed E-state index contributed by atoms with van der Waals surface area (Å²) in [5.41, 5.74) is 6.64. The zero-order valence-corrected chi connectivity index (χ0v) is 12.6. The third kappa shape index (κ3) is 4.54. The second kappa shape index (κ2) is 7.40. The molecule has 0 spiro atoms. The van der Waals surface area contributed by atoms with Gasteiger partial charge in [0.25, 0.3) is 11.8 Å². The van der Waals surface area contributed by atoms with E-state index in [4.69, 9.17) is 10.5 Å². The van der Waals surface area contributed by atoms with Gasteiger partial charge in [-0.25, -0.2) is 4.39 Å². The van der Waals surface area contributed by atoms with Crippen LogP contribution in [-0.2, 0) is 11.3 Å². The van der Waals surface area contributed by atoms with Gasteiger partial charge in [0.2, 0.25) is 0 Å². The highest BCUT2D eigenvalue weighted by molar-refractivity contribution is 5.95. The van der Waals surface area contributed by atoms with Crippen LogP contribution < -0.4 is 15.8 Å². The highest BCUT2D eigenvalue weighted by Gasteiger charge is 2.10. The summed E-state index contributed by atoms with van der Waals surface area (Å²) in [5, 5.41) is 2.62. The second-order valence-electron chi connectivity index (χ2n) is 5.01. The largest absolute Gasteiger partial charge is 0.483 e. The molecule has 2 amide bonds. The number of carbonyl (C=O) groups excluding carboxylic acids is 2. The number of rotatable bonds is 6. The van der Waals surface area contributed by atoms with Crippen molar-refractivity contribution in [2.45, 2.75) is 13.5 Å². The lowest BCUT2D eigenvalue weighted by Gasteiger charge is -2.10. The molecular weight excluding hydrogens is 299 g/mol. The van der Waals surface area contributed by atoms with Crippen LogP contribution in [0.15, 0.2) is 42.5 Å². The summed E-state index contributed by atoms with van der Waals surface area (Å²) in [6.07, 6.45) is 0. The average molecular weight is 316 g/mol. The van der Waals surface area contributed by atoms with Crippen LogP contribution in [0.2, 0.25) is 0 Å². The zero-order valence-electron chi connectivity index (χ0n) is 12.6. The molecule has 5 nitrogen and oxygen atoms in total. The van der Waals surface area contributed by atoms with Crippen LogP contribution in [-0.4, -0.2) is 18.4 Å². The number of primary amides is 1. The van der Waals surface area contributed by atoms with Gasteiger partial charge in [0.15, 0.2) is 6.61 Å². The summed E-state index contributed by atoms with van der Waals surface area (Å²) in [5.74, 6) is -1.08. The Kier molecular flexibility index (Phi) is 5.30. The number of hydrogen-bond donors (Lipinski definition) is 2. The lowest BCUT2D eigenvalue weighted by atomic mass is 10.1. The third-order valence-electron chi connectivity index (χ3n) is 3.24. The predicted molar refractivity (Wildman–Crippen MR) is 83.4 cm³/mol. The highest BCUT2D eigenvalue weighted by atomic mass is 19.1. The Morgan fingerprint density at radius 3 is 2.65 bits per heavy atom. The highest BCUT2D eigenvalue weighted by Crippen LogP contribution is 2.16. The molecular formula is C17H17FN2O3. The van der Waals surface area contributed by atoms with Crippen LogP contribution in [0.4, 0.5) is 4.39 Å². The number of ether oxygens (including phenoxy) is 1. The Labute approximate surface area is 133 Å². The van der Waals surface area contributed by atoms with E-state index in [-0.39, 0.29) is 36.2 Å². The van der Waals surface area contributed by atoms with Gasteiger partial charge in [-0.3, -0.25) is 9.59 Å². The van der Waals surface area contributed by atoms with Gasteiger partial charge in [-0.1, -0.05) is 24.3 Å². The van der Waals surface area contributed by atoms with Crippen molar-refractivity contribution in [2.75, 3.05) is 6.61 Å². The molecule has 0 radical (unpaired) electrons. The minimum absolute atomic E-state index is 0.191. The van der Waals surface area contributed by atoms with Crippen molar-refractivity contribution < 1.29 is 18.7 Å². The van der Waals surface area contributed by atoms with Crippen LogP contribution in [0.3, 0.4) is 0 Å². The van der Waals surface area contributed by atoms with Gasteiger partial charge in [-0.15, -0.1) is 0 Å². The van der Waals surface area contributed by atoms with Crippen molar-refractivity contribution in [3.63, 3.8) is 0 Å². The van der Waals surface area contributed by atoms with E-state index < -0.39 is 5.91 Å². The van der Waals surface area contributed by atoms with Crippen molar-refractivity contribution in [3.8, 4) is 5.75 Å². The minimum Gasteiger partial charge on any atom is -0.483 e. The Bertz CT molecular complexity index is 732. The topological polar surface area (TPSA) is 81.4 Å². The quantitative estimate of drug-likeness (QED) is 0.854. The molecule has 23 heavy (non-hydrogen) atoms. The molecule has 6 heteroatoms. The number of nitrogens with one attached hydrogen (secondary N) is 1. The lowest BCUT2D eigenvalue weighted by Crippen LogP contribution is -2.29. The maximum Gasteiger partial charge on any atom is 0.258 e. The number of hydrogen-bond acceptors (Lipinski definition) is 3. The molecule has 3 N–H and O–H groups in total. The van der Waals surface area contributed by atoms with Crippen LogP contribution in [0.25, 0.3) is 0 Å². The number of amides is 2. The number of aryl methyl sites for hydroxylation is 1. The predicted octanol–water partition coefficient (Wildman–Crippen LogP) is 1.93. The van der Waals surface area contributed by atoms with Crippen LogP contribution in [0.5, 0.6) is 5.75 Å². The molecule has 0 atom stereocenters. The fourth-order valence-electron chi connectivity index (χ4n) is 1.94. The van der Waals surface area contributed by atoms with E-state index in [1.54, 1.807) is 37.3 Å². The second-order valence-corrected chi connectivity index (χ2v) is 5.01. The zero-order chi connectivity index (χ0) is 16.8. The Morgan fingerprint density at radius 2 is 1.96 bits per heavy atom. The van der Waals surface area contributed by atoms with E-state index >= 15 is 0 Å². The maximum atomic E-state index is 13.4. The maximum absolute atomic E-state index is 13.4. The number of halogens is 1. The van der Waals surface area contributed by atoms with E-state index in [0.717, 1.165) is 0 Å². The van der Waals surface area contributed by atoms with Crippen LogP contribution in [0, 0.1) is 12.7 Å². The molecule has 0 fully saturated rings. The third-order valence-corrected chi connectivity index (χ3v) is 3.24. The minimum atomic E-state index is -0.629. The van der Waals surface area contributed by atoms with Crippen molar-refractivity contribution in [1.29, 1.82) is 0 Å². The van der Waals surface area contributed by atoms with Gasteiger partial charge in [-0.05, 0) is 36.2 Å². The van der Waals surface area contributed by atoms with Gasteiger partial charge >= 0.3 is 0 Å². The molecule has 0 heterocycles. The number of para-hydroxylation sites is 1. The van der Waals surface area contributed by atoms with Crippen LogP contribution in [0.1, 0.15) is 21.5 Å². The summed E-state index contributed by atoms with van der Waals surface area (Å²) in [4.78, 5) is 23.0. The van der Waals surface area contributed by atoms with Crippen LogP contribution >= 0.6 is 0 Å². The molecule has 0 saturated heterocycles. The Morgan fingerprint density at radius 1 is 1.22 bits per heavy atom. The van der Waals surface area contributed by atoms with Crippen molar-refractivity contribution in [2.24, 2.45) is 5.73 Å². The first-order chi connectivity index (χ1) is 11.0. The van der Waals surface area contributed by atoms with Gasteiger partial charge in [-0.2, -0.15) is 0 Å².